The van der Waals surface area contributed by atoms with Crippen LogP contribution < -0.4 is 10.6 Å². The van der Waals surface area contributed by atoms with E-state index in [2.05, 4.69) is 27.8 Å². The van der Waals surface area contributed by atoms with Gasteiger partial charge in [-0.3, -0.25) is 4.99 Å². The summed E-state index contributed by atoms with van der Waals surface area (Å²) >= 11 is 9.47. The second kappa shape index (κ2) is 5.31. The second-order valence-electron chi connectivity index (χ2n) is 4.84. The van der Waals surface area contributed by atoms with Gasteiger partial charge in [-0.05, 0) is 48.0 Å². The first-order chi connectivity index (χ1) is 8.90. The average Bonchev–Trinajstić information content (AvgIpc) is 2.69. The van der Waals surface area contributed by atoms with E-state index in [1.165, 1.54) is 0 Å². The lowest BCUT2D eigenvalue weighted by atomic mass is 9.94. The van der Waals surface area contributed by atoms with E-state index in [0.29, 0.717) is 17.5 Å². The minimum absolute atomic E-state index is 0.00764. The van der Waals surface area contributed by atoms with Crippen molar-refractivity contribution in [1.29, 1.82) is 0 Å². The predicted molar refractivity (Wildman–Crippen MR) is 83.0 cm³/mol. The van der Waals surface area contributed by atoms with E-state index in [1.807, 2.05) is 30.0 Å². The minimum Gasteiger partial charge on any atom is -0.379 e. The number of anilines is 1. The number of benzene rings is 1. The van der Waals surface area contributed by atoms with E-state index in [1.54, 1.807) is 7.11 Å². The molecule has 1 aromatic rings. The number of ether oxygens (including phenoxy) is 1. The third-order valence-corrected chi connectivity index (χ3v) is 4.91. The summed E-state index contributed by atoms with van der Waals surface area (Å²) in [7, 11) is 1.69. The van der Waals surface area contributed by atoms with E-state index in [9.17, 15) is 0 Å². The number of methoxy groups -OCH3 is 1. The molecule has 1 heterocycles. The van der Waals surface area contributed by atoms with Gasteiger partial charge in [0.15, 0.2) is 5.96 Å². The molecule has 2 N–H and O–H groups in total. The number of halogens is 2. The molecule has 0 saturated carbocycles. The summed E-state index contributed by atoms with van der Waals surface area (Å²) in [6, 6.07) is 5.71. The molecule has 2 unspecified atom stereocenters. The number of hydrogen-bond donors (Lipinski definition) is 1. The van der Waals surface area contributed by atoms with Gasteiger partial charge < -0.3 is 15.4 Å². The zero-order valence-corrected chi connectivity index (χ0v) is 13.5. The van der Waals surface area contributed by atoms with Crippen LogP contribution >= 0.6 is 27.5 Å². The highest BCUT2D eigenvalue weighted by atomic mass is 79.9. The quantitative estimate of drug-likeness (QED) is 0.915. The number of nitrogens with zero attached hydrogens (tertiary/aromatic N) is 2. The van der Waals surface area contributed by atoms with Gasteiger partial charge in [0.05, 0.1) is 23.2 Å². The molecule has 1 aliphatic heterocycles. The summed E-state index contributed by atoms with van der Waals surface area (Å²) in [5.41, 5.74) is 6.69. The van der Waals surface area contributed by atoms with Crippen LogP contribution in [0.4, 0.5) is 5.69 Å². The first-order valence-corrected chi connectivity index (χ1v) is 7.15. The highest BCUT2D eigenvalue weighted by Gasteiger charge is 2.43. The fourth-order valence-electron chi connectivity index (χ4n) is 2.26. The first kappa shape index (κ1) is 14.6. The molecule has 2 atom stereocenters. The van der Waals surface area contributed by atoms with Crippen LogP contribution in [0.25, 0.3) is 0 Å². The molecular formula is C13H17BrClN3O. The Kier molecular flexibility index (Phi) is 4.08. The van der Waals surface area contributed by atoms with Crippen molar-refractivity contribution in [3.63, 3.8) is 0 Å². The predicted octanol–water partition coefficient (Wildman–Crippen LogP) is 3.03. The van der Waals surface area contributed by atoms with E-state index in [4.69, 9.17) is 22.1 Å². The van der Waals surface area contributed by atoms with Crippen molar-refractivity contribution in [2.75, 3.05) is 18.6 Å². The van der Waals surface area contributed by atoms with Gasteiger partial charge in [0.1, 0.15) is 0 Å². The third-order valence-electron chi connectivity index (χ3n) is 3.69. The molecule has 0 fully saturated rings. The van der Waals surface area contributed by atoms with Crippen molar-refractivity contribution in [2.24, 2.45) is 10.7 Å². The molecule has 2 rings (SSSR count). The lowest BCUT2D eigenvalue weighted by Crippen LogP contribution is -2.56. The molecule has 104 valence electrons. The van der Waals surface area contributed by atoms with Crippen LogP contribution in [0.2, 0.25) is 5.02 Å². The average molecular weight is 347 g/mol. The van der Waals surface area contributed by atoms with Crippen LogP contribution in [0.3, 0.4) is 0 Å². The maximum atomic E-state index is 6.04. The lowest BCUT2D eigenvalue weighted by molar-refractivity contribution is 0.0645. The molecule has 0 aliphatic carbocycles. The summed E-state index contributed by atoms with van der Waals surface area (Å²) in [5.74, 6) is 0.501. The number of nitrogens with two attached hydrogens (primary N) is 1. The Labute approximate surface area is 126 Å². The van der Waals surface area contributed by atoms with E-state index in [-0.39, 0.29) is 11.6 Å². The van der Waals surface area contributed by atoms with Gasteiger partial charge in [0.25, 0.3) is 0 Å². The topological polar surface area (TPSA) is 50.9 Å². The maximum Gasteiger partial charge on any atom is 0.196 e. The molecule has 0 radical (unpaired) electrons. The first-order valence-electron chi connectivity index (χ1n) is 5.98. The molecule has 0 amide bonds. The van der Waals surface area contributed by atoms with E-state index >= 15 is 0 Å². The molecule has 0 spiro atoms. The SMILES string of the molecule is COC(C)C1(C)CN=C(N)N1c1ccc(Cl)c(Br)c1. The van der Waals surface area contributed by atoms with Gasteiger partial charge in [-0.15, -0.1) is 0 Å². The monoisotopic (exact) mass is 345 g/mol. The van der Waals surface area contributed by atoms with Crippen LogP contribution in [-0.4, -0.2) is 31.3 Å². The highest BCUT2D eigenvalue weighted by molar-refractivity contribution is 9.10. The van der Waals surface area contributed by atoms with Crippen LogP contribution in [0.1, 0.15) is 13.8 Å². The van der Waals surface area contributed by atoms with Crippen LogP contribution in [-0.2, 0) is 4.74 Å². The van der Waals surface area contributed by atoms with Crippen LogP contribution in [0.15, 0.2) is 27.7 Å². The van der Waals surface area contributed by atoms with Crippen molar-refractivity contribution in [1.82, 2.24) is 0 Å². The lowest BCUT2D eigenvalue weighted by Gasteiger charge is -2.40. The minimum atomic E-state index is -0.300. The molecule has 4 nitrogen and oxygen atoms in total. The van der Waals surface area contributed by atoms with Gasteiger partial charge in [0, 0.05) is 17.3 Å². The number of hydrogen-bond acceptors (Lipinski definition) is 4. The Balaban J connectivity index is 2.44. The molecule has 1 aliphatic rings. The molecule has 0 aromatic heterocycles. The Morgan fingerprint density at radius 1 is 1.58 bits per heavy atom. The summed E-state index contributed by atoms with van der Waals surface area (Å²) in [6.45, 7) is 4.72. The van der Waals surface area contributed by atoms with E-state index < -0.39 is 0 Å². The van der Waals surface area contributed by atoms with Crippen LogP contribution in [0, 0.1) is 0 Å². The zero-order chi connectivity index (χ0) is 14.2. The van der Waals surface area contributed by atoms with Gasteiger partial charge in [0.2, 0.25) is 0 Å². The highest BCUT2D eigenvalue weighted by Crippen LogP contribution is 2.35. The summed E-state index contributed by atoms with van der Waals surface area (Å²) < 4.78 is 6.32. The molecule has 1 aromatic carbocycles. The molecule has 0 bridgehead atoms. The molecule has 0 saturated heterocycles. The number of aliphatic imine (C=N–C) groups is 1. The fraction of sp³-hybridized carbons (Fsp3) is 0.462. The second-order valence-corrected chi connectivity index (χ2v) is 6.10. The van der Waals surface area contributed by atoms with Crippen LogP contribution in [0.5, 0.6) is 0 Å². The molecule has 19 heavy (non-hydrogen) atoms. The fourth-order valence-corrected chi connectivity index (χ4v) is 2.74. The smallest absolute Gasteiger partial charge is 0.196 e. The molecular weight excluding hydrogens is 330 g/mol. The van der Waals surface area contributed by atoms with Crippen molar-refractivity contribution < 1.29 is 4.74 Å². The van der Waals surface area contributed by atoms with E-state index in [0.717, 1.165) is 10.2 Å². The van der Waals surface area contributed by atoms with Gasteiger partial charge in [-0.25, -0.2) is 0 Å². The Morgan fingerprint density at radius 2 is 2.26 bits per heavy atom. The third kappa shape index (κ3) is 2.47. The number of guanidine groups is 1. The summed E-state index contributed by atoms with van der Waals surface area (Å²) in [6.07, 6.45) is -0.00764. The maximum absolute atomic E-state index is 6.04. The van der Waals surface area contributed by atoms with Gasteiger partial charge >= 0.3 is 0 Å². The van der Waals surface area contributed by atoms with Crippen molar-refractivity contribution >= 4 is 39.2 Å². The normalized spacial score (nSPS) is 24.5. The Morgan fingerprint density at radius 3 is 2.84 bits per heavy atom. The Hall–Kier alpha value is -0.780. The van der Waals surface area contributed by atoms with Gasteiger partial charge in [-0.1, -0.05) is 11.6 Å². The van der Waals surface area contributed by atoms with Crippen molar-refractivity contribution in [3.8, 4) is 0 Å². The van der Waals surface area contributed by atoms with Gasteiger partial charge in [-0.2, -0.15) is 0 Å². The zero-order valence-electron chi connectivity index (χ0n) is 11.2. The summed E-state index contributed by atoms with van der Waals surface area (Å²) in [4.78, 5) is 6.36. The Bertz CT molecular complexity index is 523. The standard InChI is InChI=1S/C13H17BrClN3O/c1-8(19-3)13(2)7-17-12(16)18(13)9-4-5-11(15)10(14)6-9/h4-6,8H,7H2,1-3H3,(H2,16,17). The van der Waals surface area contributed by atoms with Crippen molar-refractivity contribution in [2.45, 2.75) is 25.5 Å². The van der Waals surface area contributed by atoms with Crippen molar-refractivity contribution in [3.05, 3.63) is 27.7 Å². The largest absolute Gasteiger partial charge is 0.379 e. The number of rotatable bonds is 3. The molecule has 6 heteroatoms. The summed E-state index contributed by atoms with van der Waals surface area (Å²) in [5, 5.41) is 0.667.